The minimum Gasteiger partial charge on any atom is -0.367 e. The Morgan fingerprint density at radius 2 is 1.76 bits per heavy atom. The second kappa shape index (κ2) is 6.50. The predicted octanol–water partition coefficient (Wildman–Crippen LogP) is 3.95. The van der Waals surface area contributed by atoms with Gasteiger partial charge in [0.2, 0.25) is 5.88 Å². The topological polar surface area (TPSA) is 55.3 Å². The second-order valence-corrected chi connectivity index (χ2v) is 6.00. The number of anilines is 1. The maximum atomic E-state index is 5.97. The molecule has 0 bridgehead atoms. The van der Waals surface area contributed by atoms with Crippen LogP contribution >= 0.6 is 11.6 Å². The molecule has 0 radical (unpaired) electrons. The molecule has 0 spiro atoms. The third-order valence-electron chi connectivity index (χ3n) is 3.99. The van der Waals surface area contributed by atoms with Crippen molar-refractivity contribution in [2.75, 3.05) is 18.8 Å². The fourth-order valence-corrected chi connectivity index (χ4v) is 3.00. The highest BCUT2D eigenvalue weighted by atomic mass is 35.5. The minimum absolute atomic E-state index is 0.377. The van der Waals surface area contributed by atoms with E-state index in [9.17, 15) is 0 Å². The van der Waals surface area contributed by atoms with Gasteiger partial charge in [-0.2, -0.15) is 0 Å². The number of halogens is 1. The van der Waals surface area contributed by atoms with Crippen molar-refractivity contribution in [2.24, 2.45) is 0 Å². The van der Waals surface area contributed by atoms with Crippen molar-refractivity contribution in [3.8, 4) is 11.1 Å². The average Bonchev–Trinajstić information content (AvgIpc) is 2.69. The highest BCUT2D eigenvalue weighted by Gasteiger charge is 2.19. The van der Waals surface area contributed by atoms with E-state index in [0.29, 0.717) is 10.9 Å². The number of nitrogen functional groups attached to an aromatic ring is 1. The summed E-state index contributed by atoms with van der Waals surface area (Å²) in [7, 11) is 0. The highest BCUT2D eigenvalue weighted by Crippen LogP contribution is 2.31. The Balaban J connectivity index is 1.84. The van der Waals surface area contributed by atoms with Gasteiger partial charge in [-0.1, -0.05) is 41.7 Å². The van der Waals surface area contributed by atoms with E-state index in [4.69, 9.17) is 21.9 Å². The van der Waals surface area contributed by atoms with Gasteiger partial charge in [0, 0.05) is 11.6 Å². The number of benzene rings is 1. The van der Waals surface area contributed by atoms with Crippen LogP contribution in [0.15, 0.2) is 28.8 Å². The van der Waals surface area contributed by atoms with Crippen molar-refractivity contribution < 1.29 is 4.52 Å². The van der Waals surface area contributed by atoms with Gasteiger partial charge in [0.25, 0.3) is 0 Å². The molecule has 4 nitrogen and oxygen atoms in total. The lowest BCUT2D eigenvalue weighted by Gasteiger charge is -2.18. The first-order valence-electron chi connectivity index (χ1n) is 7.46. The van der Waals surface area contributed by atoms with Crippen molar-refractivity contribution in [1.82, 2.24) is 10.1 Å². The van der Waals surface area contributed by atoms with Gasteiger partial charge in [-0.15, -0.1) is 0 Å². The molecule has 2 aromatic rings. The zero-order valence-electron chi connectivity index (χ0n) is 12.0. The number of nitrogens with zero attached hydrogens (tertiary/aromatic N) is 2. The molecule has 0 aliphatic carbocycles. The largest absolute Gasteiger partial charge is 0.367 e. The summed E-state index contributed by atoms with van der Waals surface area (Å²) in [4.78, 5) is 2.43. The molecule has 1 aromatic carbocycles. The van der Waals surface area contributed by atoms with Crippen LogP contribution in [-0.4, -0.2) is 23.1 Å². The number of nitrogens with two attached hydrogens (primary N) is 1. The molecule has 1 aromatic heterocycles. The Hall–Kier alpha value is -1.52. The molecule has 21 heavy (non-hydrogen) atoms. The number of hydrogen-bond acceptors (Lipinski definition) is 4. The Morgan fingerprint density at radius 1 is 1.10 bits per heavy atom. The van der Waals surface area contributed by atoms with Gasteiger partial charge in [-0.25, -0.2) is 0 Å². The molecule has 0 saturated carbocycles. The normalized spacial score (nSPS) is 16.8. The molecule has 0 unspecified atom stereocenters. The zero-order valence-corrected chi connectivity index (χ0v) is 12.8. The summed E-state index contributed by atoms with van der Waals surface area (Å²) in [6.07, 6.45) is 5.15. The summed E-state index contributed by atoms with van der Waals surface area (Å²) in [5.74, 6) is 0.377. The van der Waals surface area contributed by atoms with Crippen molar-refractivity contribution in [3.63, 3.8) is 0 Å². The summed E-state index contributed by atoms with van der Waals surface area (Å²) in [5.41, 5.74) is 8.78. The molecule has 1 fully saturated rings. The minimum atomic E-state index is 0.377. The quantitative estimate of drug-likeness (QED) is 0.932. The summed E-state index contributed by atoms with van der Waals surface area (Å²) in [6, 6.07) is 7.63. The number of hydrogen-bond donors (Lipinski definition) is 1. The Kier molecular flexibility index (Phi) is 4.46. The summed E-state index contributed by atoms with van der Waals surface area (Å²) < 4.78 is 5.22. The third-order valence-corrected chi connectivity index (χ3v) is 4.25. The van der Waals surface area contributed by atoms with Crippen LogP contribution in [-0.2, 0) is 6.54 Å². The molecule has 3 rings (SSSR count). The van der Waals surface area contributed by atoms with Gasteiger partial charge in [0.1, 0.15) is 5.69 Å². The van der Waals surface area contributed by atoms with Gasteiger partial charge in [-0.3, -0.25) is 4.90 Å². The number of rotatable bonds is 3. The molecular weight excluding hydrogens is 286 g/mol. The van der Waals surface area contributed by atoms with Crippen molar-refractivity contribution in [1.29, 1.82) is 0 Å². The first-order chi connectivity index (χ1) is 10.2. The fourth-order valence-electron chi connectivity index (χ4n) is 2.88. The molecule has 0 atom stereocenters. The molecule has 2 N–H and O–H groups in total. The van der Waals surface area contributed by atoms with E-state index in [1.54, 1.807) is 0 Å². The lowest BCUT2D eigenvalue weighted by molar-refractivity contribution is 0.267. The summed E-state index contributed by atoms with van der Waals surface area (Å²) in [5, 5.41) is 4.88. The van der Waals surface area contributed by atoms with E-state index in [-0.39, 0.29) is 0 Å². The van der Waals surface area contributed by atoms with Crippen LogP contribution in [0.3, 0.4) is 0 Å². The van der Waals surface area contributed by atoms with Gasteiger partial charge >= 0.3 is 0 Å². The molecule has 2 heterocycles. The Bertz CT molecular complexity index is 586. The van der Waals surface area contributed by atoms with E-state index in [0.717, 1.165) is 36.5 Å². The van der Waals surface area contributed by atoms with Crippen LogP contribution in [0.25, 0.3) is 11.1 Å². The van der Waals surface area contributed by atoms with Crippen molar-refractivity contribution >= 4 is 17.5 Å². The SMILES string of the molecule is Nc1onc(CN2CCCCCC2)c1-c1ccc(Cl)cc1. The summed E-state index contributed by atoms with van der Waals surface area (Å²) >= 11 is 5.95. The molecule has 1 saturated heterocycles. The fraction of sp³-hybridized carbons (Fsp3) is 0.438. The molecule has 1 aliphatic heterocycles. The van der Waals surface area contributed by atoms with Gasteiger partial charge in [-0.05, 0) is 43.6 Å². The highest BCUT2D eigenvalue weighted by molar-refractivity contribution is 6.30. The molecule has 5 heteroatoms. The Labute approximate surface area is 129 Å². The van der Waals surface area contributed by atoms with Gasteiger partial charge in [0.05, 0.1) is 5.56 Å². The van der Waals surface area contributed by atoms with Crippen LogP contribution in [0.5, 0.6) is 0 Å². The van der Waals surface area contributed by atoms with E-state index < -0.39 is 0 Å². The Morgan fingerprint density at radius 3 is 2.43 bits per heavy atom. The van der Waals surface area contributed by atoms with Gasteiger partial charge in [0.15, 0.2) is 0 Å². The van der Waals surface area contributed by atoms with E-state index >= 15 is 0 Å². The smallest absolute Gasteiger partial charge is 0.230 e. The first kappa shape index (κ1) is 14.4. The second-order valence-electron chi connectivity index (χ2n) is 5.57. The lowest BCUT2D eigenvalue weighted by atomic mass is 10.1. The maximum absolute atomic E-state index is 5.97. The zero-order chi connectivity index (χ0) is 14.7. The van der Waals surface area contributed by atoms with E-state index in [2.05, 4.69) is 10.1 Å². The van der Waals surface area contributed by atoms with Crippen LogP contribution in [0.4, 0.5) is 5.88 Å². The van der Waals surface area contributed by atoms with Crippen LogP contribution in [0.2, 0.25) is 5.02 Å². The summed E-state index contributed by atoms with van der Waals surface area (Å²) in [6.45, 7) is 3.03. The first-order valence-corrected chi connectivity index (χ1v) is 7.84. The number of aromatic nitrogens is 1. The van der Waals surface area contributed by atoms with Crippen LogP contribution in [0.1, 0.15) is 31.4 Å². The molecule has 1 aliphatic rings. The van der Waals surface area contributed by atoms with Crippen molar-refractivity contribution in [2.45, 2.75) is 32.2 Å². The number of likely N-dealkylation sites (tertiary alicyclic amines) is 1. The van der Waals surface area contributed by atoms with E-state index in [1.807, 2.05) is 24.3 Å². The van der Waals surface area contributed by atoms with Crippen LogP contribution < -0.4 is 5.73 Å². The average molecular weight is 306 g/mol. The standard InChI is InChI=1S/C16H20ClN3O/c17-13-7-5-12(6-8-13)15-14(19-21-16(15)18)11-20-9-3-1-2-4-10-20/h5-8H,1-4,9-11,18H2. The third kappa shape index (κ3) is 3.39. The molecule has 112 valence electrons. The van der Waals surface area contributed by atoms with Crippen LogP contribution in [0, 0.1) is 0 Å². The molecular formula is C16H20ClN3O. The van der Waals surface area contributed by atoms with E-state index in [1.165, 1.54) is 25.7 Å². The predicted molar refractivity (Wildman–Crippen MR) is 85.1 cm³/mol. The van der Waals surface area contributed by atoms with Crippen molar-refractivity contribution in [3.05, 3.63) is 35.0 Å². The maximum Gasteiger partial charge on any atom is 0.230 e. The molecule has 0 amide bonds. The lowest BCUT2D eigenvalue weighted by Crippen LogP contribution is -2.24. The van der Waals surface area contributed by atoms with Gasteiger partial charge < -0.3 is 10.3 Å². The monoisotopic (exact) mass is 305 g/mol.